The van der Waals surface area contributed by atoms with Crippen LogP contribution in [0.4, 0.5) is 0 Å². The fourth-order valence-electron chi connectivity index (χ4n) is 7.05. The third kappa shape index (κ3) is 36.7. The normalized spacial score (nSPS) is 19.5. The van der Waals surface area contributed by atoms with E-state index in [1.165, 1.54) is 0 Å². The van der Waals surface area contributed by atoms with Gasteiger partial charge in [-0.2, -0.15) is 0 Å². The molecule has 1 aliphatic rings. The van der Waals surface area contributed by atoms with Crippen molar-refractivity contribution in [3.05, 3.63) is 122 Å². The van der Waals surface area contributed by atoms with Crippen LogP contribution in [0, 0.1) is 0 Å². The van der Waals surface area contributed by atoms with Crippen LogP contribution in [0.15, 0.2) is 122 Å². The van der Waals surface area contributed by atoms with E-state index in [9.17, 15) is 34.5 Å². The molecule has 12 nitrogen and oxygen atoms in total. The number of carbonyl (C=O) groups excluding carboxylic acids is 3. The Morgan fingerprint density at radius 3 is 1.35 bits per heavy atom. The molecule has 0 amide bonds. The molecule has 1 fully saturated rings. The minimum Gasteiger partial charge on any atom is -0.479 e. The van der Waals surface area contributed by atoms with E-state index in [0.29, 0.717) is 25.7 Å². The number of aliphatic hydroxyl groups excluding tert-OH is 2. The Balaban J connectivity index is 2.81. The zero-order valence-corrected chi connectivity index (χ0v) is 43.4. The Kier molecular flexibility index (Phi) is 41.7. The SMILES string of the molecule is CC/C=C\C/C=C\C/C=C\C/C=C\CCC(=O)OC(COC(=O)CCCCCCC/C=C\C/C=C\C/C=C\CC)COC1OC(C(=O)O)C(O)C(O)C1OC(=O)CCCCC/C=C\C/C=C\C/C=C\CC. The predicted octanol–water partition coefficient (Wildman–Crippen LogP) is 12.9. The summed E-state index contributed by atoms with van der Waals surface area (Å²) in [6, 6.07) is 0. The number of ether oxygens (including phenoxy) is 5. The number of carboxylic acid groups (broad SMARTS) is 1. The van der Waals surface area contributed by atoms with E-state index in [1.807, 2.05) is 18.2 Å². The van der Waals surface area contributed by atoms with Gasteiger partial charge in [-0.1, -0.05) is 168 Å². The van der Waals surface area contributed by atoms with Gasteiger partial charge in [0.15, 0.2) is 24.6 Å². The molecule has 6 atom stereocenters. The van der Waals surface area contributed by atoms with Crippen molar-refractivity contribution >= 4 is 23.9 Å². The number of allylic oxidation sites excluding steroid dienone is 20. The number of hydrogen-bond acceptors (Lipinski definition) is 11. The van der Waals surface area contributed by atoms with Crippen LogP contribution >= 0.6 is 0 Å². The lowest BCUT2D eigenvalue weighted by Gasteiger charge is -2.40. The average molecular weight is 991 g/mol. The molecule has 0 radical (unpaired) electrons. The quantitative estimate of drug-likeness (QED) is 0.0229. The van der Waals surface area contributed by atoms with Gasteiger partial charge in [-0.25, -0.2) is 4.79 Å². The molecule has 71 heavy (non-hydrogen) atoms. The van der Waals surface area contributed by atoms with Crippen LogP contribution in [0.2, 0.25) is 0 Å². The van der Waals surface area contributed by atoms with Crippen LogP contribution < -0.4 is 0 Å². The molecule has 1 rings (SSSR count). The first-order chi connectivity index (χ1) is 34.6. The highest BCUT2D eigenvalue weighted by Crippen LogP contribution is 2.26. The predicted molar refractivity (Wildman–Crippen MR) is 284 cm³/mol. The van der Waals surface area contributed by atoms with Crippen LogP contribution in [0.1, 0.15) is 175 Å². The molecule has 6 unspecified atom stereocenters. The number of rotatable bonds is 42. The van der Waals surface area contributed by atoms with E-state index in [1.54, 1.807) is 0 Å². The highest BCUT2D eigenvalue weighted by Gasteiger charge is 2.50. The van der Waals surface area contributed by atoms with Crippen LogP contribution in [-0.4, -0.2) is 89.2 Å². The number of aliphatic carboxylic acids is 1. The third-order valence-corrected chi connectivity index (χ3v) is 11.0. The van der Waals surface area contributed by atoms with Crippen molar-refractivity contribution in [3.8, 4) is 0 Å². The van der Waals surface area contributed by atoms with Gasteiger partial charge >= 0.3 is 23.9 Å². The summed E-state index contributed by atoms with van der Waals surface area (Å²) in [6.45, 7) is 5.51. The lowest BCUT2D eigenvalue weighted by Crippen LogP contribution is -2.61. The summed E-state index contributed by atoms with van der Waals surface area (Å²) in [5, 5.41) is 31.3. The van der Waals surface area contributed by atoms with Crippen molar-refractivity contribution in [2.75, 3.05) is 13.2 Å². The first-order valence-electron chi connectivity index (χ1n) is 26.5. The van der Waals surface area contributed by atoms with E-state index in [4.69, 9.17) is 23.7 Å². The van der Waals surface area contributed by atoms with Crippen molar-refractivity contribution in [1.82, 2.24) is 0 Å². The fraction of sp³-hybridized carbons (Fsp3) is 0.593. The summed E-state index contributed by atoms with van der Waals surface area (Å²) >= 11 is 0. The zero-order chi connectivity index (χ0) is 51.8. The Morgan fingerprint density at radius 1 is 0.465 bits per heavy atom. The minimum atomic E-state index is -1.93. The van der Waals surface area contributed by atoms with Gasteiger partial charge in [0.05, 0.1) is 6.61 Å². The molecule has 1 saturated heterocycles. The summed E-state index contributed by atoms with van der Waals surface area (Å²) in [4.78, 5) is 50.9. The molecule has 0 aromatic carbocycles. The largest absolute Gasteiger partial charge is 0.479 e. The van der Waals surface area contributed by atoms with E-state index in [-0.39, 0.29) is 25.9 Å². The van der Waals surface area contributed by atoms with Crippen LogP contribution in [-0.2, 0) is 42.9 Å². The maximum absolute atomic E-state index is 13.0. The molecule has 0 saturated carbocycles. The lowest BCUT2D eigenvalue weighted by molar-refractivity contribution is -0.301. The lowest BCUT2D eigenvalue weighted by atomic mass is 9.98. The zero-order valence-electron chi connectivity index (χ0n) is 43.4. The summed E-state index contributed by atoms with van der Waals surface area (Å²) in [5.41, 5.74) is 0. The van der Waals surface area contributed by atoms with Gasteiger partial charge in [-0.05, 0) is 109 Å². The van der Waals surface area contributed by atoms with Crippen molar-refractivity contribution in [2.24, 2.45) is 0 Å². The molecule has 12 heteroatoms. The highest BCUT2D eigenvalue weighted by molar-refractivity contribution is 5.74. The molecule has 0 aliphatic carbocycles. The molecule has 398 valence electrons. The van der Waals surface area contributed by atoms with Gasteiger partial charge in [-0.3, -0.25) is 14.4 Å². The van der Waals surface area contributed by atoms with Crippen LogP contribution in [0.5, 0.6) is 0 Å². The molecular weight excluding hydrogens is 901 g/mol. The Hall–Kier alpha value is -4.88. The topological polar surface area (TPSA) is 175 Å². The summed E-state index contributed by atoms with van der Waals surface area (Å²) in [5.74, 6) is -3.32. The number of carboxylic acids is 1. The molecule has 3 N–H and O–H groups in total. The molecule has 0 bridgehead atoms. The molecule has 0 aromatic heterocycles. The Morgan fingerprint density at radius 2 is 0.873 bits per heavy atom. The number of aliphatic hydroxyl groups is 2. The van der Waals surface area contributed by atoms with Crippen LogP contribution in [0.25, 0.3) is 0 Å². The highest BCUT2D eigenvalue weighted by atomic mass is 16.7. The number of hydrogen-bond donors (Lipinski definition) is 3. The third-order valence-electron chi connectivity index (χ3n) is 11.0. The van der Waals surface area contributed by atoms with Gasteiger partial charge in [-0.15, -0.1) is 0 Å². The van der Waals surface area contributed by atoms with Gasteiger partial charge in [0.1, 0.15) is 18.8 Å². The van der Waals surface area contributed by atoms with Crippen LogP contribution in [0.3, 0.4) is 0 Å². The molecule has 1 aliphatic heterocycles. The average Bonchev–Trinajstić information content (AvgIpc) is 3.35. The first-order valence-corrected chi connectivity index (χ1v) is 26.5. The molecule has 1 heterocycles. The van der Waals surface area contributed by atoms with Crippen molar-refractivity contribution in [3.63, 3.8) is 0 Å². The maximum atomic E-state index is 13.0. The van der Waals surface area contributed by atoms with Crippen molar-refractivity contribution < 1.29 is 58.2 Å². The van der Waals surface area contributed by atoms with Crippen molar-refractivity contribution in [2.45, 2.75) is 212 Å². The summed E-state index contributed by atoms with van der Waals surface area (Å²) < 4.78 is 28.2. The fourth-order valence-corrected chi connectivity index (χ4v) is 7.05. The van der Waals surface area contributed by atoms with E-state index >= 15 is 0 Å². The molecule has 0 spiro atoms. The standard InChI is InChI=1S/C59H90O12/c1-4-7-10-13-16-19-22-25-26-29-30-33-36-39-42-45-51(60)67-48-50(69-52(61)46-43-40-37-34-31-27-23-20-17-14-11-8-5-2)49-68-59-57(55(64)54(63)56(71-59)58(65)66)70-53(62)47-44-41-38-35-32-28-24-21-18-15-12-9-6-3/h7-12,16-21,25-28,31-32,37,40,50,54-57,59,63-64H,4-6,13-15,22-24,29-30,33-36,38-39,41-49H2,1-3H3,(H,65,66)/b10-7-,11-8-,12-9-,19-16-,20-17-,21-18-,26-25-,31-27-,32-28-,40-37-. The molecule has 0 aromatic rings. The number of carbonyl (C=O) groups is 4. The Bertz CT molecular complexity index is 1700. The minimum absolute atomic E-state index is 0.00868. The second-order valence-corrected chi connectivity index (χ2v) is 17.4. The second kappa shape index (κ2) is 46.2. The van der Waals surface area contributed by atoms with Gasteiger partial charge in [0.2, 0.25) is 0 Å². The maximum Gasteiger partial charge on any atom is 0.335 e. The van der Waals surface area contributed by atoms with Gasteiger partial charge in [0.25, 0.3) is 0 Å². The molecular formula is C59H90O12. The van der Waals surface area contributed by atoms with E-state index < -0.39 is 67.3 Å². The Labute approximate surface area is 427 Å². The summed E-state index contributed by atoms with van der Waals surface area (Å²) in [6.07, 6.45) is 50.6. The smallest absolute Gasteiger partial charge is 0.335 e. The van der Waals surface area contributed by atoms with E-state index in [2.05, 4.69) is 124 Å². The number of esters is 3. The summed E-state index contributed by atoms with van der Waals surface area (Å²) in [7, 11) is 0. The van der Waals surface area contributed by atoms with Crippen molar-refractivity contribution in [1.29, 1.82) is 0 Å². The number of unbranched alkanes of at least 4 members (excludes halogenated alkanes) is 8. The van der Waals surface area contributed by atoms with Gasteiger partial charge < -0.3 is 39.0 Å². The monoisotopic (exact) mass is 991 g/mol. The van der Waals surface area contributed by atoms with E-state index in [0.717, 1.165) is 109 Å². The first kappa shape index (κ1) is 64.1. The van der Waals surface area contributed by atoms with Gasteiger partial charge in [0, 0.05) is 19.3 Å². The second-order valence-electron chi connectivity index (χ2n) is 17.4.